The minimum atomic E-state index is -0.672. The minimum Gasteiger partial charge on any atom is -0.481 e. The predicted octanol–water partition coefficient (Wildman–Crippen LogP) is 2.02. The molecule has 102 valence electrons. The minimum absolute atomic E-state index is 0.199. The van der Waals surface area contributed by atoms with Crippen LogP contribution in [0.15, 0.2) is 6.33 Å². The third-order valence-electron chi connectivity index (χ3n) is 4.25. The monoisotopic (exact) mass is 261 g/mol. The number of fused-ring (bicyclic) bond motifs is 1. The molecule has 5 heteroatoms. The van der Waals surface area contributed by atoms with Gasteiger partial charge in [0.1, 0.15) is 12.1 Å². The normalized spacial score (nSPS) is 25.9. The van der Waals surface area contributed by atoms with Crippen molar-refractivity contribution in [1.82, 2.24) is 9.97 Å². The molecule has 2 aliphatic rings. The molecule has 1 heterocycles. The fraction of sp³-hybridized carbons (Fsp3) is 0.643. The summed E-state index contributed by atoms with van der Waals surface area (Å²) in [7, 11) is 0. The predicted molar refractivity (Wildman–Crippen MR) is 71.1 cm³/mol. The lowest BCUT2D eigenvalue weighted by Crippen LogP contribution is -2.21. The van der Waals surface area contributed by atoms with E-state index in [4.69, 9.17) is 5.11 Å². The van der Waals surface area contributed by atoms with Gasteiger partial charge < -0.3 is 10.4 Å². The zero-order valence-electron chi connectivity index (χ0n) is 10.9. The Kier molecular flexibility index (Phi) is 3.36. The van der Waals surface area contributed by atoms with Crippen LogP contribution in [-0.4, -0.2) is 27.1 Å². The van der Waals surface area contributed by atoms with E-state index < -0.39 is 5.97 Å². The van der Waals surface area contributed by atoms with E-state index in [1.165, 1.54) is 18.4 Å². The van der Waals surface area contributed by atoms with Crippen molar-refractivity contribution in [2.45, 2.75) is 51.0 Å². The number of aryl methyl sites for hydroxylation is 1. The Morgan fingerprint density at radius 1 is 1.26 bits per heavy atom. The van der Waals surface area contributed by atoms with Gasteiger partial charge in [-0.15, -0.1) is 0 Å². The van der Waals surface area contributed by atoms with Crippen LogP contribution in [0.3, 0.4) is 0 Å². The Morgan fingerprint density at radius 3 is 2.89 bits per heavy atom. The summed E-state index contributed by atoms with van der Waals surface area (Å²) in [5, 5.41) is 12.5. The molecule has 2 atom stereocenters. The molecular formula is C14H19N3O2. The van der Waals surface area contributed by atoms with Crippen molar-refractivity contribution in [2.75, 3.05) is 5.32 Å². The van der Waals surface area contributed by atoms with Crippen LogP contribution in [0.1, 0.15) is 43.4 Å². The molecule has 0 aromatic carbocycles. The van der Waals surface area contributed by atoms with Crippen molar-refractivity contribution in [2.24, 2.45) is 5.92 Å². The van der Waals surface area contributed by atoms with Crippen molar-refractivity contribution in [3.8, 4) is 0 Å². The number of aromatic nitrogens is 2. The molecule has 0 saturated heterocycles. The smallest absolute Gasteiger partial charge is 0.306 e. The SMILES string of the molecule is O=C(O)C1CCC(Nc2ncnc3c2CCCC3)C1. The largest absolute Gasteiger partial charge is 0.481 e. The van der Waals surface area contributed by atoms with E-state index in [9.17, 15) is 4.79 Å². The topological polar surface area (TPSA) is 75.1 Å². The highest BCUT2D eigenvalue weighted by Crippen LogP contribution is 2.30. The molecule has 5 nitrogen and oxygen atoms in total. The third-order valence-corrected chi connectivity index (χ3v) is 4.25. The van der Waals surface area contributed by atoms with Crippen LogP contribution in [-0.2, 0) is 17.6 Å². The average molecular weight is 261 g/mol. The van der Waals surface area contributed by atoms with E-state index in [1.54, 1.807) is 6.33 Å². The number of hydrogen-bond acceptors (Lipinski definition) is 4. The maximum Gasteiger partial charge on any atom is 0.306 e. The molecule has 2 aliphatic carbocycles. The molecule has 3 rings (SSSR count). The zero-order chi connectivity index (χ0) is 13.2. The number of nitrogens with one attached hydrogen (secondary N) is 1. The Bertz CT molecular complexity index is 490. The first kappa shape index (κ1) is 12.4. The van der Waals surface area contributed by atoms with Gasteiger partial charge in [0.2, 0.25) is 0 Å². The standard InChI is InChI=1S/C14H19N3O2/c18-14(19)9-5-6-10(7-9)17-13-11-3-1-2-4-12(11)15-8-16-13/h8-10H,1-7H2,(H,18,19)(H,15,16,17). The summed E-state index contributed by atoms with van der Waals surface area (Å²) in [6, 6.07) is 0.238. The first-order valence-corrected chi connectivity index (χ1v) is 7.06. The lowest BCUT2D eigenvalue weighted by Gasteiger charge is -2.20. The van der Waals surface area contributed by atoms with Crippen molar-refractivity contribution in [1.29, 1.82) is 0 Å². The van der Waals surface area contributed by atoms with Gasteiger partial charge in [0.15, 0.2) is 0 Å². The van der Waals surface area contributed by atoms with Gasteiger partial charge in [-0.2, -0.15) is 0 Å². The average Bonchev–Trinajstić information content (AvgIpc) is 2.88. The maximum atomic E-state index is 11.0. The highest BCUT2D eigenvalue weighted by molar-refractivity contribution is 5.70. The first-order chi connectivity index (χ1) is 9.24. The number of nitrogens with zero attached hydrogens (tertiary/aromatic N) is 2. The van der Waals surface area contributed by atoms with Crippen LogP contribution < -0.4 is 5.32 Å². The summed E-state index contributed by atoms with van der Waals surface area (Å²) in [6.45, 7) is 0. The molecule has 19 heavy (non-hydrogen) atoms. The summed E-state index contributed by atoms with van der Waals surface area (Å²) in [5.74, 6) is 0.0601. The fourth-order valence-electron chi connectivity index (χ4n) is 3.18. The second kappa shape index (κ2) is 5.15. The number of hydrogen-bond donors (Lipinski definition) is 2. The molecule has 1 saturated carbocycles. The summed E-state index contributed by atoms with van der Waals surface area (Å²) < 4.78 is 0. The molecule has 1 fully saturated rings. The van der Waals surface area contributed by atoms with Gasteiger partial charge in [-0.05, 0) is 44.9 Å². The Labute approximate surface area is 112 Å². The summed E-state index contributed by atoms with van der Waals surface area (Å²) in [4.78, 5) is 19.7. The van der Waals surface area contributed by atoms with Gasteiger partial charge in [-0.3, -0.25) is 4.79 Å². The van der Waals surface area contributed by atoms with Crippen LogP contribution >= 0.6 is 0 Å². The molecule has 0 spiro atoms. The molecule has 0 radical (unpaired) electrons. The maximum absolute atomic E-state index is 11.0. The molecular weight excluding hydrogens is 242 g/mol. The molecule has 0 aliphatic heterocycles. The van der Waals surface area contributed by atoms with Crippen molar-refractivity contribution in [3.63, 3.8) is 0 Å². The molecule has 1 aromatic rings. The zero-order valence-corrected chi connectivity index (χ0v) is 10.9. The number of carbonyl (C=O) groups is 1. The molecule has 0 bridgehead atoms. The number of anilines is 1. The highest BCUT2D eigenvalue weighted by atomic mass is 16.4. The highest BCUT2D eigenvalue weighted by Gasteiger charge is 2.30. The van der Waals surface area contributed by atoms with Crippen LogP contribution in [0.4, 0.5) is 5.82 Å². The van der Waals surface area contributed by atoms with Crippen molar-refractivity contribution >= 4 is 11.8 Å². The molecule has 0 amide bonds. The lowest BCUT2D eigenvalue weighted by molar-refractivity contribution is -0.141. The Balaban J connectivity index is 1.72. The van der Waals surface area contributed by atoms with Gasteiger partial charge in [0.25, 0.3) is 0 Å². The van der Waals surface area contributed by atoms with Crippen molar-refractivity contribution in [3.05, 3.63) is 17.6 Å². The van der Waals surface area contributed by atoms with Crippen LogP contribution in [0.5, 0.6) is 0 Å². The molecule has 2 N–H and O–H groups in total. The number of aliphatic carboxylic acids is 1. The number of carboxylic acid groups (broad SMARTS) is 1. The molecule has 2 unspecified atom stereocenters. The van der Waals surface area contributed by atoms with E-state index in [1.807, 2.05) is 0 Å². The van der Waals surface area contributed by atoms with E-state index in [0.29, 0.717) is 6.42 Å². The van der Waals surface area contributed by atoms with Crippen molar-refractivity contribution < 1.29 is 9.90 Å². The van der Waals surface area contributed by atoms with E-state index >= 15 is 0 Å². The Morgan fingerprint density at radius 2 is 2.11 bits per heavy atom. The molecule has 1 aromatic heterocycles. The Hall–Kier alpha value is -1.65. The van der Waals surface area contributed by atoms with Gasteiger partial charge in [-0.1, -0.05) is 0 Å². The quantitative estimate of drug-likeness (QED) is 0.870. The third kappa shape index (κ3) is 2.55. The van der Waals surface area contributed by atoms with Crippen LogP contribution in [0.25, 0.3) is 0 Å². The number of rotatable bonds is 3. The second-order valence-corrected chi connectivity index (χ2v) is 5.54. The summed E-state index contributed by atoms with van der Waals surface area (Å²) >= 11 is 0. The lowest BCUT2D eigenvalue weighted by atomic mass is 9.96. The fourth-order valence-corrected chi connectivity index (χ4v) is 3.18. The van der Waals surface area contributed by atoms with Gasteiger partial charge >= 0.3 is 5.97 Å². The summed E-state index contributed by atoms with van der Waals surface area (Å²) in [6.07, 6.45) is 8.47. The van der Waals surface area contributed by atoms with Gasteiger partial charge in [0.05, 0.1) is 5.92 Å². The van der Waals surface area contributed by atoms with Crippen LogP contribution in [0, 0.1) is 5.92 Å². The van der Waals surface area contributed by atoms with Gasteiger partial charge in [0, 0.05) is 17.3 Å². The summed E-state index contributed by atoms with van der Waals surface area (Å²) in [5.41, 5.74) is 2.41. The van der Waals surface area contributed by atoms with E-state index in [-0.39, 0.29) is 12.0 Å². The van der Waals surface area contributed by atoms with Crippen LogP contribution in [0.2, 0.25) is 0 Å². The first-order valence-electron chi connectivity index (χ1n) is 7.06. The number of carboxylic acids is 1. The van der Waals surface area contributed by atoms with E-state index in [2.05, 4.69) is 15.3 Å². The van der Waals surface area contributed by atoms with Gasteiger partial charge in [-0.25, -0.2) is 9.97 Å². The second-order valence-electron chi connectivity index (χ2n) is 5.54. The van der Waals surface area contributed by atoms with E-state index in [0.717, 1.165) is 37.2 Å².